The molecule has 1 amide bonds. The lowest BCUT2D eigenvalue weighted by Crippen LogP contribution is -2.26. The second-order valence-electron chi connectivity index (χ2n) is 5.58. The van der Waals surface area contributed by atoms with Crippen LogP contribution in [0.5, 0.6) is 11.5 Å². The summed E-state index contributed by atoms with van der Waals surface area (Å²) in [6, 6.07) is 12.2. The van der Waals surface area contributed by atoms with E-state index in [-0.39, 0.29) is 17.4 Å². The van der Waals surface area contributed by atoms with Crippen LogP contribution in [-0.2, 0) is 13.0 Å². The maximum absolute atomic E-state index is 12.6. The summed E-state index contributed by atoms with van der Waals surface area (Å²) in [5.74, 6) is -0.250. The number of alkyl halides is 2. The fourth-order valence-electron chi connectivity index (χ4n) is 2.44. The number of hydrogen-bond donors (Lipinski definition) is 0. The van der Waals surface area contributed by atoms with E-state index in [1.807, 2.05) is 24.3 Å². The van der Waals surface area contributed by atoms with Crippen LogP contribution in [-0.4, -0.2) is 31.6 Å². The third-order valence-corrected chi connectivity index (χ3v) is 3.82. The summed E-state index contributed by atoms with van der Waals surface area (Å²) in [5, 5.41) is 0. The van der Waals surface area contributed by atoms with Crippen molar-refractivity contribution in [3.63, 3.8) is 0 Å². The third-order valence-electron chi connectivity index (χ3n) is 3.82. The van der Waals surface area contributed by atoms with Crippen molar-refractivity contribution in [3.05, 3.63) is 59.2 Å². The maximum Gasteiger partial charge on any atom is 0.387 e. The van der Waals surface area contributed by atoms with Crippen LogP contribution < -0.4 is 9.47 Å². The SMILES string of the molecule is CCc1ccc(CN(C)C(=O)c2ccc(OC(F)F)c(OC)c2)cc1. The van der Waals surface area contributed by atoms with Gasteiger partial charge < -0.3 is 14.4 Å². The summed E-state index contributed by atoms with van der Waals surface area (Å²) in [6.45, 7) is -0.427. The van der Waals surface area contributed by atoms with Crippen molar-refractivity contribution in [3.8, 4) is 11.5 Å². The quantitative estimate of drug-likeness (QED) is 0.754. The monoisotopic (exact) mass is 349 g/mol. The number of nitrogens with zero attached hydrogens (tertiary/aromatic N) is 1. The van der Waals surface area contributed by atoms with Gasteiger partial charge in [0.1, 0.15) is 0 Å². The number of rotatable bonds is 7. The number of aryl methyl sites for hydroxylation is 1. The smallest absolute Gasteiger partial charge is 0.387 e. The fourth-order valence-corrected chi connectivity index (χ4v) is 2.44. The summed E-state index contributed by atoms with van der Waals surface area (Å²) in [5.41, 5.74) is 2.58. The number of benzene rings is 2. The average Bonchev–Trinajstić information content (AvgIpc) is 2.61. The zero-order valence-corrected chi connectivity index (χ0v) is 14.5. The lowest BCUT2D eigenvalue weighted by atomic mass is 10.1. The molecule has 0 heterocycles. The van der Waals surface area contributed by atoms with Gasteiger partial charge in [-0.2, -0.15) is 8.78 Å². The molecule has 2 rings (SSSR count). The highest BCUT2D eigenvalue weighted by atomic mass is 19.3. The Morgan fingerprint density at radius 1 is 1.08 bits per heavy atom. The number of amides is 1. The van der Waals surface area contributed by atoms with E-state index in [1.54, 1.807) is 11.9 Å². The van der Waals surface area contributed by atoms with Crippen LogP contribution in [0, 0.1) is 0 Å². The van der Waals surface area contributed by atoms with Crippen LogP contribution in [0.25, 0.3) is 0 Å². The Labute approximate surface area is 146 Å². The van der Waals surface area contributed by atoms with Crippen molar-refractivity contribution < 1.29 is 23.0 Å². The second kappa shape index (κ2) is 8.46. The Morgan fingerprint density at radius 3 is 2.28 bits per heavy atom. The summed E-state index contributed by atoms with van der Waals surface area (Å²) < 4.78 is 34.1. The molecule has 0 radical (unpaired) electrons. The molecule has 0 aliphatic rings. The standard InChI is InChI=1S/C19H21F2NO3/c1-4-13-5-7-14(8-6-13)12-22(2)18(23)15-9-10-16(25-19(20)21)17(11-15)24-3/h5-11,19H,4,12H2,1-3H3. The van der Waals surface area contributed by atoms with Crippen molar-refractivity contribution >= 4 is 5.91 Å². The van der Waals surface area contributed by atoms with Gasteiger partial charge in [0.25, 0.3) is 5.91 Å². The van der Waals surface area contributed by atoms with Crippen LogP contribution in [0.1, 0.15) is 28.4 Å². The van der Waals surface area contributed by atoms with Crippen LogP contribution in [0.4, 0.5) is 8.78 Å². The van der Waals surface area contributed by atoms with E-state index in [9.17, 15) is 13.6 Å². The van der Waals surface area contributed by atoms with Gasteiger partial charge in [0.15, 0.2) is 11.5 Å². The van der Waals surface area contributed by atoms with Gasteiger partial charge in [-0.15, -0.1) is 0 Å². The highest BCUT2D eigenvalue weighted by molar-refractivity contribution is 5.94. The topological polar surface area (TPSA) is 38.8 Å². The molecule has 4 nitrogen and oxygen atoms in total. The Balaban J connectivity index is 2.12. The van der Waals surface area contributed by atoms with Crippen LogP contribution >= 0.6 is 0 Å². The maximum atomic E-state index is 12.6. The van der Waals surface area contributed by atoms with Crippen molar-refractivity contribution in [2.24, 2.45) is 0 Å². The predicted molar refractivity (Wildman–Crippen MR) is 91.2 cm³/mol. The molecule has 0 aliphatic carbocycles. The summed E-state index contributed by atoms with van der Waals surface area (Å²) in [7, 11) is 3.02. The minimum Gasteiger partial charge on any atom is -0.493 e. The molecule has 0 fully saturated rings. The summed E-state index contributed by atoms with van der Waals surface area (Å²) in [4.78, 5) is 14.1. The minimum absolute atomic E-state index is 0.0897. The van der Waals surface area contributed by atoms with E-state index in [0.717, 1.165) is 12.0 Å². The summed E-state index contributed by atoms with van der Waals surface area (Å²) >= 11 is 0. The number of ether oxygens (including phenoxy) is 2. The molecule has 0 N–H and O–H groups in total. The first-order valence-corrected chi connectivity index (χ1v) is 7.90. The van der Waals surface area contributed by atoms with E-state index in [2.05, 4.69) is 11.7 Å². The van der Waals surface area contributed by atoms with Crippen molar-refractivity contribution in [1.82, 2.24) is 4.90 Å². The zero-order valence-electron chi connectivity index (χ0n) is 14.5. The molecule has 0 saturated carbocycles. The number of carbonyl (C=O) groups is 1. The van der Waals surface area contributed by atoms with E-state index in [1.165, 1.54) is 30.9 Å². The van der Waals surface area contributed by atoms with Gasteiger partial charge in [-0.1, -0.05) is 31.2 Å². The Morgan fingerprint density at radius 2 is 1.72 bits per heavy atom. The molecule has 25 heavy (non-hydrogen) atoms. The van der Waals surface area contributed by atoms with Crippen molar-refractivity contribution in [2.45, 2.75) is 26.5 Å². The largest absolute Gasteiger partial charge is 0.493 e. The van der Waals surface area contributed by atoms with Gasteiger partial charge in [-0.25, -0.2) is 0 Å². The normalized spacial score (nSPS) is 10.6. The zero-order chi connectivity index (χ0) is 18.4. The van der Waals surface area contributed by atoms with Gasteiger partial charge in [0, 0.05) is 19.2 Å². The second-order valence-corrected chi connectivity index (χ2v) is 5.58. The highest BCUT2D eigenvalue weighted by Gasteiger charge is 2.17. The predicted octanol–water partition coefficient (Wildman–Crippen LogP) is 4.13. The Kier molecular flexibility index (Phi) is 6.33. The Bertz CT molecular complexity index is 717. The number of carbonyl (C=O) groups excluding carboxylic acids is 1. The van der Waals surface area contributed by atoms with Crippen LogP contribution in [0.2, 0.25) is 0 Å². The molecular weight excluding hydrogens is 328 g/mol. The van der Waals surface area contributed by atoms with Gasteiger partial charge in [0.2, 0.25) is 0 Å². The fraction of sp³-hybridized carbons (Fsp3) is 0.316. The van der Waals surface area contributed by atoms with Gasteiger partial charge in [-0.05, 0) is 35.7 Å². The first kappa shape index (κ1) is 18.7. The molecule has 0 aromatic heterocycles. The molecule has 6 heteroatoms. The van der Waals surface area contributed by atoms with Gasteiger partial charge in [-0.3, -0.25) is 4.79 Å². The molecule has 0 atom stereocenters. The summed E-state index contributed by atoms with van der Waals surface area (Å²) in [6.07, 6.45) is 0.960. The van der Waals surface area contributed by atoms with Crippen LogP contribution in [0.3, 0.4) is 0 Å². The molecule has 2 aromatic carbocycles. The van der Waals surface area contributed by atoms with Crippen molar-refractivity contribution in [2.75, 3.05) is 14.2 Å². The molecule has 0 saturated heterocycles. The first-order chi connectivity index (χ1) is 11.9. The molecule has 0 unspecified atom stereocenters. The van der Waals surface area contributed by atoms with E-state index in [4.69, 9.17) is 4.74 Å². The average molecular weight is 349 g/mol. The number of methoxy groups -OCH3 is 1. The molecule has 134 valence electrons. The number of hydrogen-bond acceptors (Lipinski definition) is 3. The van der Waals surface area contributed by atoms with E-state index < -0.39 is 6.61 Å². The molecule has 0 spiro atoms. The van der Waals surface area contributed by atoms with Crippen molar-refractivity contribution in [1.29, 1.82) is 0 Å². The molecular formula is C19H21F2NO3. The van der Waals surface area contributed by atoms with Gasteiger partial charge in [0.05, 0.1) is 7.11 Å². The van der Waals surface area contributed by atoms with E-state index >= 15 is 0 Å². The molecule has 2 aromatic rings. The minimum atomic E-state index is -2.95. The molecule has 0 bridgehead atoms. The third kappa shape index (κ3) is 4.92. The lowest BCUT2D eigenvalue weighted by molar-refractivity contribution is -0.0512. The lowest BCUT2D eigenvalue weighted by Gasteiger charge is -2.18. The van der Waals surface area contributed by atoms with Crippen LogP contribution in [0.15, 0.2) is 42.5 Å². The first-order valence-electron chi connectivity index (χ1n) is 7.90. The van der Waals surface area contributed by atoms with E-state index in [0.29, 0.717) is 12.1 Å². The highest BCUT2D eigenvalue weighted by Crippen LogP contribution is 2.30. The van der Waals surface area contributed by atoms with Gasteiger partial charge >= 0.3 is 6.61 Å². The molecule has 0 aliphatic heterocycles. The number of halogens is 2. The Hall–Kier alpha value is -2.63.